The van der Waals surface area contributed by atoms with E-state index in [0.29, 0.717) is 37.1 Å². The largest absolute Gasteiger partial charge is 0.493 e. The zero-order valence-electron chi connectivity index (χ0n) is 12.6. The first-order valence-electron chi connectivity index (χ1n) is 7.18. The maximum atomic E-state index is 11.8. The van der Waals surface area contributed by atoms with Crippen molar-refractivity contribution in [3.05, 3.63) is 29.8 Å². The molecule has 1 unspecified atom stereocenters. The quantitative estimate of drug-likeness (QED) is 0.694. The van der Waals surface area contributed by atoms with Crippen LogP contribution in [0.15, 0.2) is 24.3 Å². The average Bonchev–Trinajstić information content (AvgIpc) is 2.27. The number of Topliss-reactive ketones (excluding diaryl/α,β-unsaturated/α-hetero) is 1. The van der Waals surface area contributed by atoms with Crippen molar-refractivity contribution in [2.45, 2.75) is 47.0 Å². The molecule has 2 nitrogen and oxygen atoms in total. The Hall–Kier alpha value is -1.31. The molecule has 0 aliphatic rings. The number of carbonyl (C=O) groups excluding carboxylic acids is 1. The van der Waals surface area contributed by atoms with Gasteiger partial charge in [-0.05, 0) is 42.9 Å². The van der Waals surface area contributed by atoms with Gasteiger partial charge in [0.25, 0.3) is 0 Å². The second-order valence-corrected chi connectivity index (χ2v) is 5.89. The minimum absolute atomic E-state index is 0.306. The SMILES string of the molecule is Cc1cccc(OCCC(=O)CC(C)CC(C)C)c1. The lowest BCUT2D eigenvalue weighted by atomic mass is 9.93. The molecule has 1 atom stereocenters. The fourth-order valence-electron chi connectivity index (χ4n) is 2.37. The predicted molar refractivity (Wildman–Crippen MR) is 79.5 cm³/mol. The Morgan fingerprint density at radius 1 is 1.26 bits per heavy atom. The number of rotatable bonds is 8. The topological polar surface area (TPSA) is 26.3 Å². The number of carbonyl (C=O) groups is 1. The average molecular weight is 262 g/mol. The van der Waals surface area contributed by atoms with Crippen molar-refractivity contribution >= 4 is 5.78 Å². The molecule has 0 spiro atoms. The zero-order valence-corrected chi connectivity index (χ0v) is 12.6. The summed E-state index contributed by atoms with van der Waals surface area (Å²) in [6.07, 6.45) is 2.30. The summed E-state index contributed by atoms with van der Waals surface area (Å²) in [6.45, 7) is 9.06. The van der Waals surface area contributed by atoms with E-state index in [1.54, 1.807) is 0 Å². The molecule has 1 aromatic rings. The van der Waals surface area contributed by atoms with Gasteiger partial charge in [0.2, 0.25) is 0 Å². The molecule has 0 saturated carbocycles. The second kappa shape index (κ2) is 7.98. The molecule has 0 saturated heterocycles. The molecule has 0 heterocycles. The molecule has 0 aliphatic heterocycles. The van der Waals surface area contributed by atoms with E-state index in [1.807, 2.05) is 31.2 Å². The maximum Gasteiger partial charge on any atom is 0.136 e. The van der Waals surface area contributed by atoms with Crippen LogP contribution in [0.3, 0.4) is 0 Å². The summed E-state index contributed by atoms with van der Waals surface area (Å²) in [4.78, 5) is 11.8. The first kappa shape index (κ1) is 15.7. The number of aryl methyl sites for hydroxylation is 1. The minimum atomic E-state index is 0.306. The van der Waals surface area contributed by atoms with Gasteiger partial charge in [-0.2, -0.15) is 0 Å². The highest BCUT2D eigenvalue weighted by molar-refractivity contribution is 5.78. The van der Waals surface area contributed by atoms with Crippen molar-refractivity contribution in [2.75, 3.05) is 6.61 Å². The Bertz CT molecular complexity index is 396. The van der Waals surface area contributed by atoms with Crippen LogP contribution in [0.25, 0.3) is 0 Å². The standard InChI is InChI=1S/C17H26O2/c1-13(2)10-15(4)11-16(18)8-9-19-17-7-5-6-14(3)12-17/h5-7,12-13,15H,8-11H2,1-4H3. The Morgan fingerprint density at radius 2 is 2.00 bits per heavy atom. The van der Waals surface area contributed by atoms with Crippen LogP contribution in [0.4, 0.5) is 0 Å². The highest BCUT2D eigenvalue weighted by Crippen LogP contribution is 2.16. The van der Waals surface area contributed by atoms with E-state index < -0.39 is 0 Å². The molecule has 0 amide bonds. The van der Waals surface area contributed by atoms with Gasteiger partial charge < -0.3 is 4.74 Å². The molecule has 1 aromatic carbocycles. The Morgan fingerprint density at radius 3 is 2.63 bits per heavy atom. The molecule has 0 fully saturated rings. The van der Waals surface area contributed by atoms with Crippen LogP contribution >= 0.6 is 0 Å². The highest BCUT2D eigenvalue weighted by atomic mass is 16.5. The first-order valence-corrected chi connectivity index (χ1v) is 7.18. The number of ketones is 1. The number of hydrogen-bond acceptors (Lipinski definition) is 2. The summed E-state index contributed by atoms with van der Waals surface area (Å²) in [7, 11) is 0. The summed E-state index contributed by atoms with van der Waals surface area (Å²) in [5.74, 6) is 2.29. The smallest absolute Gasteiger partial charge is 0.136 e. The van der Waals surface area contributed by atoms with E-state index in [-0.39, 0.29) is 0 Å². The monoisotopic (exact) mass is 262 g/mol. The fourth-order valence-corrected chi connectivity index (χ4v) is 2.37. The molecular formula is C17H26O2. The van der Waals surface area contributed by atoms with E-state index in [2.05, 4.69) is 20.8 Å². The van der Waals surface area contributed by atoms with Gasteiger partial charge in [-0.25, -0.2) is 0 Å². The van der Waals surface area contributed by atoms with Gasteiger partial charge in [0.1, 0.15) is 11.5 Å². The summed E-state index contributed by atoms with van der Waals surface area (Å²) >= 11 is 0. The lowest BCUT2D eigenvalue weighted by Gasteiger charge is -2.13. The van der Waals surface area contributed by atoms with Gasteiger partial charge in [0.15, 0.2) is 0 Å². The lowest BCUT2D eigenvalue weighted by Crippen LogP contribution is -2.11. The molecule has 0 bridgehead atoms. The Labute approximate surface area is 117 Å². The predicted octanol–water partition coefficient (Wildman–Crippen LogP) is 4.41. The number of benzene rings is 1. The van der Waals surface area contributed by atoms with E-state index in [0.717, 1.165) is 12.2 Å². The van der Waals surface area contributed by atoms with Crippen LogP contribution in [0.2, 0.25) is 0 Å². The lowest BCUT2D eigenvalue weighted by molar-refractivity contribution is -0.120. The summed E-state index contributed by atoms with van der Waals surface area (Å²) < 4.78 is 5.60. The van der Waals surface area contributed by atoms with Gasteiger partial charge >= 0.3 is 0 Å². The maximum absolute atomic E-state index is 11.8. The van der Waals surface area contributed by atoms with E-state index in [9.17, 15) is 4.79 Å². The third-order valence-corrected chi connectivity index (χ3v) is 3.09. The minimum Gasteiger partial charge on any atom is -0.493 e. The van der Waals surface area contributed by atoms with Gasteiger partial charge in [-0.1, -0.05) is 32.9 Å². The van der Waals surface area contributed by atoms with E-state index in [1.165, 1.54) is 5.56 Å². The Balaban J connectivity index is 2.23. The van der Waals surface area contributed by atoms with Gasteiger partial charge in [-0.3, -0.25) is 4.79 Å². The molecule has 0 radical (unpaired) electrons. The van der Waals surface area contributed by atoms with Crippen molar-refractivity contribution in [1.29, 1.82) is 0 Å². The summed E-state index contributed by atoms with van der Waals surface area (Å²) in [5.41, 5.74) is 1.18. The molecule has 19 heavy (non-hydrogen) atoms. The van der Waals surface area contributed by atoms with Crippen LogP contribution in [0.5, 0.6) is 5.75 Å². The highest BCUT2D eigenvalue weighted by Gasteiger charge is 2.10. The fraction of sp³-hybridized carbons (Fsp3) is 0.588. The normalized spacial score (nSPS) is 12.5. The van der Waals surface area contributed by atoms with Crippen LogP contribution in [0.1, 0.15) is 45.6 Å². The molecule has 1 rings (SSSR count). The van der Waals surface area contributed by atoms with Crippen LogP contribution < -0.4 is 4.74 Å². The first-order chi connectivity index (χ1) is 8.97. The van der Waals surface area contributed by atoms with Gasteiger partial charge in [0, 0.05) is 12.8 Å². The van der Waals surface area contributed by atoms with Gasteiger partial charge in [-0.15, -0.1) is 0 Å². The molecule has 0 N–H and O–H groups in total. The van der Waals surface area contributed by atoms with E-state index >= 15 is 0 Å². The summed E-state index contributed by atoms with van der Waals surface area (Å²) in [5, 5.41) is 0. The molecule has 0 aromatic heterocycles. The number of hydrogen-bond donors (Lipinski definition) is 0. The second-order valence-electron chi connectivity index (χ2n) is 5.89. The zero-order chi connectivity index (χ0) is 14.3. The van der Waals surface area contributed by atoms with Crippen LogP contribution in [-0.4, -0.2) is 12.4 Å². The number of ether oxygens (including phenoxy) is 1. The Kier molecular flexibility index (Phi) is 6.61. The third kappa shape index (κ3) is 7.00. The van der Waals surface area contributed by atoms with Gasteiger partial charge in [0.05, 0.1) is 6.61 Å². The molecular weight excluding hydrogens is 236 g/mol. The van der Waals surface area contributed by atoms with Crippen LogP contribution in [0, 0.1) is 18.8 Å². The van der Waals surface area contributed by atoms with Crippen molar-refractivity contribution < 1.29 is 9.53 Å². The van der Waals surface area contributed by atoms with E-state index in [4.69, 9.17) is 4.74 Å². The molecule has 2 heteroatoms. The van der Waals surface area contributed by atoms with Crippen molar-refractivity contribution in [2.24, 2.45) is 11.8 Å². The third-order valence-electron chi connectivity index (χ3n) is 3.09. The van der Waals surface area contributed by atoms with Crippen molar-refractivity contribution in [3.63, 3.8) is 0 Å². The molecule has 106 valence electrons. The van der Waals surface area contributed by atoms with Crippen LogP contribution in [-0.2, 0) is 4.79 Å². The molecule has 0 aliphatic carbocycles. The summed E-state index contributed by atoms with van der Waals surface area (Å²) in [6, 6.07) is 7.92. The van der Waals surface area contributed by atoms with Crippen molar-refractivity contribution in [1.82, 2.24) is 0 Å². The van der Waals surface area contributed by atoms with Crippen molar-refractivity contribution in [3.8, 4) is 5.75 Å².